The van der Waals surface area contributed by atoms with Gasteiger partial charge in [0, 0.05) is 5.69 Å². The number of carbonyl (C=O) groups excluding carboxylic acids is 2. The van der Waals surface area contributed by atoms with Crippen LogP contribution in [0, 0.1) is 0 Å². The van der Waals surface area contributed by atoms with Crippen molar-refractivity contribution in [3.8, 4) is 0 Å². The number of sulfonamides is 1. The molecule has 0 aliphatic rings. The third-order valence-electron chi connectivity index (χ3n) is 3.86. The van der Waals surface area contributed by atoms with Gasteiger partial charge in [0.1, 0.15) is 0 Å². The van der Waals surface area contributed by atoms with Crippen LogP contribution in [0.1, 0.15) is 17.3 Å². The first-order valence-electron chi connectivity index (χ1n) is 8.01. The second-order valence-electron chi connectivity index (χ2n) is 5.92. The van der Waals surface area contributed by atoms with Gasteiger partial charge in [-0.25, -0.2) is 18.0 Å². The molecule has 0 aliphatic carbocycles. The summed E-state index contributed by atoms with van der Waals surface area (Å²) in [4.78, 5) is 39.1. The molecule has 146 valence electrons. The van der Waals surface area contributed by atoms with Gasteiger partial charge in [-0.15, -0.1) is 0 Å². The highest BCUT2D eigenvalue weighted by Crippen LogP contribution is 2.19. The zero-order chi connectivity index (χ0) is 20.5. The SMILES string of the molecule is C[C@@H](OC(=O)c1ccc(NS(=O)(=O)c2ccc3[nH]c(=O)[nH]c3c2)cc1)C(N)=O. The molecule has 1 aromatic heterocycles. The standard InChI is InChI=1S/C17H16N4O6S/c1-9(15(18)22)27-16(23)10-2-4-11(5-3-10)21-28(25,26)12-6-7-13-14(8-12)20-17(24)19-13/h2-9,21H,1H3,(H2,18,22)(H2,19,20,24)/t9-/m1/s1. The third-order valence-corrected chi connectivity index (χ3v) is 5.23. The molecule has 1 heterocycles. The molecule has 0 saturated heterocycles. The first-order chi connectivity index (χ1) is 13.2. The van der Waals surface area contributed by atoms with Gasteiger partial charge in [-0.3, -0.25) is 9.52 Å². The van der Waals surface area contributed by atoms with E-state index < -0.39 is 33.7 Å². The van der Waals surface area contributed by atoms with Crippen molar-refractivity contribution in [2.75, 3.05) is 4.72 Å². The molecule has 5 N–H and O–H groups in total. The molecule has 11 heteroatoms. The van der Waals surface area contributed by atoms with E-state index in [-0.39, 0.29) is 16.1 Å². The number of carbonyl (C=O) groups is 2. The van der Waals surface area contributed by atoms with E-state index in [1.165, 1.54) is 49.4 Å². The van der Waals surface area contributed by atoms with E-state index in [4.69, 9.17) is 10.5 Å². The fraction of sp³-hybridized carbons (Fsp3) is 0.118. The lowest BCUT2D eigenvalue weighted by atomic mass is 10.2. The number of H-pyrrole nitrogens is 2. The summed E-state index contributed by atoms with van der Waals surface area (Å²) in [5, 5.41) is 0. The number of hydrogen-bond acceptors (Lipinski definition) is 6. The van der Waals surface area contributed by atoms with Crippen LogP contribution < -0.4 is 16.1 Å². The Labute approximate surface area is 158 Å². The molecule has 0 aliphatic heterocycles. The van der Waals surface area contributed by atoms with Crippen LogP contribution in [-0.4, -0.2) is 36.4 Å². The molecule has 10 nitrogen and oxygen atoms in total. The highest BCUT2D eigenvalue weighted by molar-refractivity contribution is 7.92. The number of hydrogen-bond donors (Lipinski definition) is 4. The van der Waals surface area contributed by atoms with E-state index in [0.29, 0.717) is 11.0 Å². The van der Waals surface area contributed by atoms with Crippen molar-refractivity contribution in [1.82, 2.24) is 9.97 Å². The average Bonchev–Trinajstić information content (AvgIpc) is 3.01. The van der Waals surface area contributed by atoms with Gasteiger partial charge in [0.2, 0.25) is 0 Å². The number of fused-ring (bicyclic) bond motifs is 1. The Morgan fingerprint density at radius 1 is 1.07 bits per heavy atom. The number of benzene rings is 2. The predicted octanol–water partition coefficient (Wildman–Crippen LogP) is 0.688. The highest BCUT2D eigenvalue weighted by atomic mass is 32.2. The molecule has 2 aromatic carbocycles. The molecule has 0 saturated carbocycles. The molecular weight excluding hydrogens is 388 g/mol. The normalized spacial score (nSPS) is 12.5. The van der Waals surface area contributed by atoms with E-state index in [0.717, 1.165) is 0 Å². The quantitative estimate of drug-likeness (QED) is 0.441. The molecule has 3 rings (SSSR count). The molecule has 1 amide bonds. The Morgan fingerprint density at radius 3 is 2.36 bits per heavy atom. The lowest BCUT2D eigenvalue weighted by Gasteiger charge is -2.11. The minimum absolute atomic E-state index is 0.0472. The summed E-state index contributed by atoms with van der Waals surface area (Å²) >= 11 is 0. The van der Waals surface area contributed by atoms with Crippen LogP contribution in [0.15, 0.2) is 52.2 Å². The fourth-order valence-electron chi connectivity index (χ4n) is 2.35. The van der Waals surface area contributed by atoms with Crippen LogP contribution in [0.2, 0.25) is 0 Å². The van der Waals surface area contributed by atoms with Crippen molar-refractivity contribution in [3.63, 3.8) is 0 Å². The molecule has 0 spiro atoms. The molecular formula is C17H16N4O6S. The number of imidazole rings is 1. The molecule has 0 radical (unpaired) electrons. The summed E-state index contributed by atoms with van der Waals surface area (Å²) in [6, 6.07) is 9.60. The van der Waals surface area contributed by atoms with Gasteiger partial charge in [0.25, 0.3) is 15.9 Å². The molecule has 0 fully saturated rings. The number of anilines is 1. The molecule has 1 atom stereocenters. The summed E-state index contributed by atoms with van der Waals surface area (Å²) in [6.07, 6.45) is -1.08. The van der Waals surface area contributed by atoms with E-state index >= 15 is 0 Å². The first-order valence-corrected chi connectivity index (χ1v) is 9.49. The van der Waals surface area contributed by atoms with Gasteiger partial charge in [-0.2, -0.15) is 0 Å². The number of ether oxygens (including phenoxy) is 1. The number of nitrogens with one attached hydrogen (secondary N) is 3. The predicted molar refractivity (Wildman–Crippen MR) is 100 cm³/mol. The van der Waals surface area contributed by atoms with E-state index in [1.807, 2.05) is 0 Å². The number of rotatable bonds is 6. The van der Waals surface area contributed by atoms with E-state index in [2.05, 4.69) is 14.7 Å². The molecule has 28 heavy (non-hydrogen) atoms. The lowest BCUT2D eigenvalue weighted by molar-refractivity contribution is -0.125. The van der Waals surface area contributed by atoms with Crippen molar-refractivity contribution in [3.05, 3.63) is 58.5 Å². The number of amides is 1. The lowest BCUT2D eigenvalue weighted by Crippen LogP contribution is -2.30. The topological polar surface area (TPSA) is 164 Å². The average molecular weight is 404 g/mol. The van der Waals surface area contributed by atoms with Crippen molar-refractivity contribution in [2.45, 2.75) is 17.9 Å². The zero-order valence-corrected chi connectivity index (χ0v) is 15.4. The Morgan fingerprint density at radius 2 is 1.71 bits per heavy atom. The molecule has 0 unspecified atom stereocenters. The summed E-state index contributed by atoms with van der Waals surface area (Å²) < 4.78 is 32.3. The monoisotopic (exact) mass is 404 g/mol. The zero-order valence-electron chi connectivity index (χ0n) is 14.6. The molecule has 0 bridgehead atoms. The number of aromatic nitrogens is 2. The van der Waals surface area contributed by atoms with Gasteiger partial charge < -0.3 is 20.4 Å². The minimum atomic E-state index is -3.92. The second kappa shape index (κ2) is 7.19. The van der Waals surface area contributed by atoms with Crippen molar-refractivity contribution >= 4 is 38.6 Å². The van der Waals surface area contributed by atoms with Crippen molar-refractivity contribution in [2.24, 2.45) is 5.73 Å². The number of esters is 1. The van der Waals surface area contributed by atoms with Gasteiger partial charge in [0.05, 0.1) is 21.5 Å². The number of nitrogens with two attached hydrogens (primary N) is 1. The van der Waals surface area contributed by atoms with E-state index in [9.17, 15) is 22.8 Å². The third kappa shape index (κ3) is 4.04. The summed E-state index contributed by atoms with van der Waals surface area (Å²) in [5.41, 5.74) is 5.77. The van der Waals surface area contributed by atoms with Crippen LogP contribution in [0.25, 0.3) is 11.0 Å². The Balaban J connectivity index is 1.77. The van der Waals surface area contributed by atoms with Gasteiger partial charge >= 0.3 is 11.7 Å². The van der Waals surface area contributed by atoms with E-state index in [1.54, 1.807) is 0 Å². The maximum Gasteiger partial charge on any atom is 0.338 e. The Hall–Kier alpha value is -3.60. The van der Waals surface area contributed by atoms with Crippen molar-refractivity contribution < 1.29 is 22.7 Å². The van der Waals surface area contributed by atoms with Crippen LogP contribution >= 0.6 is 0 Å². The van der Waals surface area contributed by atoms with Crippen LogP contribution in [0.5, 0.6) is 0 Å². The van der Waals surface area contributed by atoms with Crippen molar-refractivity contribution in [1.29, 1.82) is 0 Å². The fourth-order valence-corrected chi connectivity index (χ4v) is 3.44. The smallest absolute Gasteiger partial charge is 0.338 e. The van der Waals surface area contributed by atoms with Gasteiger partial charge in [-0.1, -0.05) is 0 Å². The van der Waals surface area contributed by atoms with Gasteiger partial charge in [0.15, 0.2) is 6.10 Å². The minimum Gasteiger partial charge on any atom is -0.449 e. The Bertz CT molecular complexity index is 1210. The second-order valence-corrected chi connectivity index (χ2v) is 7.60. The number of aromatic amines is 2. The highest BCUT2D eigenvalue weighted by Gasteiger charge is 2.18. The van der Waals surface area contributed by atoms with Crippen LogP contribution in [-0.2, 0) is 19.6 Å². The summed E-state index contributed by atoms with van der Waals surface area (Å²) in [7, 11) is -3.92. The summed E-state index contributed by atoms with van der Waals surface area (Å²) in [5.74, 6) is -1.54. The van der Waals surface area contributed by atoms with Crippen LogP contribution in [0.4, 0.5) is 5.69 Å². The van der Waals surface area contributed by atoms with Gasteiger partial charge in [-0.05, 0) is 49.4 Å². The van der Waals surface area contributed by atoms with Crippen LogP contribution in [0.3, 0.4) is 0 Å². The first kappa shape index (κ1) is 19.2. The summed E-state index contributed by atoms with van der Waals surface area (Å²) in [6.45, 7) is 1.34. The maximum atomic E-state index is 12.5. The maximum absolute atomic E-state index is 12.5. The molecule has 3 aromatic rings. The Kier molecular flexibility index (Phi) is 4.92. The largest absolute Gasteiger partial charge is 0.449 e. The number of primary amides is 1.